The van der Waals surface area contributed by atoms with Gasteiger partial charge in [0.05, 0.1) is 18.6 Å². The van der Waals surface area contributed by atoms with Gasteiger partial charge in [0, 0.05) is 18.1 Å². The number of likely N-dealkylation sites (tertiary alicyclic amines) is 1. The Labute approximate surface area is 122 Å². The van der Waals surface area contributed by atoms with Crippen molar-refractivity contribution in [1.29, 1.82) is 0 Å². The molecule has 0 aliphatic carbocycles. The van der Waals surface area contributed by atoms with Crippen molar-refractivity contribution in [3.05, 3.63) is 28.8 Å². The molecule has 0 saturated carbocycles. The molecule has 0 bridgehead atoms. The Hall–Kier alpha value is -1.75. The number of piperidine rings is 1. The van der Waals surface area contributed by atoms with Gasteiger partial charge in [-0.2, -0.15) is 0 Å². The molecule has 6 heteroatoms. The van der Waals surface area contributed by atoms with Crippen molar-refractivity contribution in [2.45, 2.75) is 12.8 Å². The minimum Gasteiger partial charge on any atom is -0.496 e. The van der Waals surface area contributed by atoms with Gasteiger partial charge in [0.2, 0.25) is 5.91 Å². The number of amides is 2. The van der Waals surface area contributed by atoms with E-state index in [0.717, 1.165) is 12.8 Å². The van der Waals surface area contributed by atoms with E-state index in [1.165, 1.54) is 7.11 Å². The molecule has 1 saturated heterocycles. The maximum absolute atomic E-state index is 12.5. The van der Waals surface area contributed by atoms with Crippen molar-refractivity contribution in [2.24, 2.45) is 11.7 Å². The Balaban J connectivity index is 2.22. The van der Waals surface area contributed by atoms with Crippen LogP contribution in [0.15, 0.2) is 18.2 Å². The molecule has 1 atom stereocenters. The Kier molecular flexibility index (Phi) is 4.49. The molecule has 0 unspecified atom stereocenters. The van der Waals surface area contributed by atoms with Crippen LogP contribution in [-0.4, -0.2) is 36.9 Å². The zero-order chi connectivity index (χ0) is 14.7. The van der Waals surface area contributed by atoms with Crippen LogP contribution in [0, 0.1) is 5.92 Å². The number of primary amides is 1. The molecule has 1 heterocycles. The first kappa shape index (κ1) is 14.7. The van der Waals surface area contributed by atoms with Crippen molar-refractivity contribution in [2.75, 3.05) is 20.2 Å². The third kappa shape index (κ3) is 3.04. The second kappa shape index (κ2) is 6.13. The number of nitrogens with zero attached hydrogens (tertiary/aromatic N) is 1. The third-order valence-electron chi connectivity index (χ3n) is 3.50. The molecule has 2 rings (SSSR count). The van der Waals surface area contributed by atoms with E-state index in [9.17, 15) is 9.59 Å². The summed E-state index contributed by atoms with van der Waals surface area (Å²) in [5.74, 6) is -0.352. The predicted molar refractivity (Wildman–Crippen MR) is 75.8 cm³/mol. The van der Waals surface area contributed by atoms with Gasteiger partial charge in [-0.3, -0.25) is 9.59 Å². The monoisotopic (exact) mass is 296 g/mol. The predicted octanol–water partition coefficient (Wildman–Crippen LogP) is 1.69. The van der Waals surface area contributed by atoms with E-state index in [4.69, 9.17) is 22.1 Å². The van der Waals surface area contributed by atoms with Crippen molar-refractivity contribution in [3.63, 3.8) is 0 Å². The lowest BCUT2D eigenvalue weighted by atomic mass is 9.97. The molecular formula is C14H17ClN2O3. The summed E-state index contributed by atoms with van der Waals surface area (Å²) < 4.78 is 5.19. The van der Waals surface area contributed by atoms with Crippen LogP contribution >= 0.6 is 11.6 Å². The summed E-state index contributed by atoms with van der Waals surface area (Å²) in [5, 5.41) is 0.470. The zero-order valence-electron chi connectivity index (χ0n) is 11.3. The van der Waals surface area contributed by atoms with Crippen LogP contribution in [0.25, 0.3) is 0 Å². The topological polar surface area (TPSA) is 72.6 Å². The summed E-state index contributed by atoms with van der Waals surface area (Å²) in [6.45, 7) is 0.960. The number of ether oxygens (including phenoxy) is 1. The van der Waals surface area contributed by atoms with Gasteiger partial charge < -0.3 is 15.4 Å². The second-order valence-electron chi connectivity index (χ2n) is 4.84. The number of methoxy groups -OCH3 is 1. The first-order valence-electron chi connectivity index (χ1n) is 6.45. The van der Waals surface area contributed by atoms with Crippen LogP contribution in [0.1, 0.15) is 23.2 Å². The number of carbonyl (C=O) groups is 2. The van der Waals surface area contributed by atoms with Gasteiger partial charge in [0.15, 0.2) is 0 Å². The Morgan fingerprint density at radius 1 is 1.45 bits per heavy atom. The van der Waals surface area contributed by atoms with E-state index in [1.54, 1.807) is 23.1 Å². The molecule has 2 N–H and O–H groups in total. The average molecular weight is 297 g/mol. The quantitative estimate of drug-likeness (QED) is 0.922. The normalized spacial score (nSPS) is 18.7. The van der Waals surface area contributed by atoms with Crippen molar-refractivity contribution in [3.8, 4) is 5.75 Å². The first-order valence-corrected chi connectivity index (χ1v) is 6.83. The standard InChI is InChI=1S/C14H17ClN2O3/c1-20-12-5-4-10(15)7-11(12)14(19)17-6-2-3-9(8-17)13(16)18/h4-5,7,9H,2-3,6,8H2,1H3,(H2,16,18)/t9-/m0/s1. The van der Waals surface area contributed by atoms with Gasteiger partial charge in [0.25, 0.3) is 5.91 Å². The summed E-state index contributed by atoms with van der Waals surface area (Å²) in [6, 6.07) is 4.90. The minimum atomic E-state index is -0.361. The summed E-state index contributed by atoms with van der Waals surface area (Å²) in [6.07, 6.45) is 1.49. The van der Waals surface area contributed by atoms with Crippen LogP contribution < -0.4 is 10.5 Å². The van der Waals surface area contributed by atoms with Gasteiger partial charge >= 0.3 is 0 Å². The molecule has 108 valence electrons. The lowest BCUT2D eigenvalue weighted by molar-refractivity contribution is -0.123. The minimum absolute atomic E-state index is 0.185. The molecule has 0 spiro atoms. The highest BCUT2D eigenvalue weighted by molar-refractivity contribution is 6.31. The van der Waals surface area contributed by atoms with Gasteiger partial charge in [-0.05, 0) is 31.0 Å². The summed E-state index contributed by atoms with van der Waals surface area (Å²) in [7, 11) is 1.50. The number of halogens is 1. The SMILES string of the molecule is COc1ccc(Cl)cc1C(=O)N1CCC[C@H](C(N)=O)C1. The van der Waals surface area contributed by atoms with Crippen molar-refractivity contribution >= 4 is 23.4 Å². The lowest BCUT2D eigenvalue weighted by Gasteiger charge is -2.31. The first-order chi connectivity index (χ1) is 9.52. The number of rotatable bonds is 3. The molecule has 0 aromatic heterocycles. The number of carbonyl (C=O) groups excluding carboxylic acids is 2. The van der Waals surface area contributed by atoms with E-state index in [2.05, 4.69) is 0 Å². The van der Waals surface area contributed by atoms with Crippen LogP contribution in [0.5, 0.6) is 5.75 Å². The lowest BCUT2D eigenvalue weighted by Crippen LogP contribution is -2.44. The molecule has 1 aromatic rings. The highest BCUT2D eigenvalue weighted by atomic mass is 35.5. The molecule has 20 heavy (non-hydrogen) atoms. The molecule has 1 aliphatic heterocycles. The van der Waals surface area contributed by atoms with Crippen molar-refractivity contribution < 1.29 is 14.3 Å². The van der Waals surface area contributed by atoms with Gasteiger partial charge in [0.1, 0.15) is 5.75 Å². The molecule has 0 radical (unpaired) electrons. The molecule has 5 nitrogen and oxygen atoms in total. The molecule has 1 fully saturated rings. The maximum Gasteiger partial charge on any atom is 0.257 e. The number of nitrogens with two attached hydrogens (primary N) is 1. The van der Waals surface area contributed by atoms with E-state index in [-0.39, 0.29) is 17.7 Å². The average Bonchev–Trinajstić information content (AvgIpc) is 2.46. The fourth-order valence-electron chi connectivity index (χ4n) is 2.41. The number of benzene rings is 1. The van der Waals surface area contributed by atoms with E-state index < -0.39 is 0 Å². The zero-order valence-corrected chi connectivity index (χ0v) is 12.0. The fraction of sp³-hybridized carbons (Fsp3) is 0.429. The van der Waals surface area contributed by atoms with Gasteiger partial charge in [-0.1, -0.05) is 11.6 Å². The largest absolute Gasteiger partial charge is 0.496 e. The molecular weight excluding hydrogens is 280 g/mol. The van der Waals surface area contributed by atoms with Crippen LogP contribution in [0.3, 0.4) is 0 Å². The van der Waals surface area contributed by atoms with Gasteiger partial charge in [-0.25, -0.2) is 0 Å². The molecule has 1 aliphatic rings. The summed E-state index contributed by atoms with van der Waals surface area (Å²) in [4.78, 5) is 25.4. The van der Waals surface area contributed by atoms with Crippen LogP contribution in [0.2, 0.25) is 5.02 Å². The number of hydrogen-bond acceptors (Lipinski definition) is 3. The van der Waals surface area contributed by atoms with E-state index >= 15 is 0 Å². The smallest absolute Gasteiger partial charge is 0.257 e. The fourth-order valence-corrected chi connectivity index (χ4v) is 2.58. The highest BCUT2D eigenvalue weighted by Crippen LogP contribution is 2.26. The van der Waals surface area contributed by atoms with Crippen LogP contribution in [0.4, 0.5) is 0 Å². The highest BCUT2D eigenvalue weighted by Gasteiger charge is 2.28. The third-order valence-corrected chi connectivity index (χ3v) is 3.74. The van der Waals surface area contributed by atoms with E-state index in [1.807, 2.05) is 0 Å². The number of hydrogen-bond donors (Lipinski definition) is 1. The van der Waals surface area contributed by atoms with E-state index in [0.29, 0.717) is 29.4 Å². The Bertz CT molecular complexity index is 533. The maximum atomic E-state index is 12.5. The molecule has 2 amide bonds. The summed E-state index contributed by atoms with van der Waals surface area (Å²) in [5.41, 5.74) is 5.73. The van der Waals surface area contributed by atoms with Crippen molar-refractivity contribution in [1.82, 2.24) is 4.90 Å². The molecule has 1 aromatic carbocycles. The second-order valence-corrected chi connectivity index (χ2v) is 5.27. The van der Waals surface area contributed by atoms with Gasteiger partial charge in [-0.15, -0.1) is 0 Å². The van der Waals surface area contributed by atoms with Crippen LogP contribution in [-0.2, 0) is 4.79 Å². The Morgan fingerprint density at radius 2 is 2.20 bits per heavy atom. The Morgan fingerprint density at radius 3 is 2.85 bits per heavy atom. The summed E-state index contributed by atoms with van der Waals surface area (Å²) >= 11 is 5.94.